The highest BCUT2D eigenvalue weighted by Gasteiger charge is 2.23. The number of benzene rings is 2. The first-order valence-electron chi connectivity index (χ1n) is 10.2. The molecule has 0 bridgehead atoms. The molecule has 0 saturated carbocycles. The first-order chi connectivity index (χ1) is 14.6. The van der Waals surface area contributed by atoms with Crippen molar-refractivity contribution in [1.82, 2.24) is 14.9 Å². The summed E-state index contributed by atoms with van der Waals surface area (Å²) in [6, 6.07) is 15.8. The summed E-state index contributed by atoms with van der Waals surface area (Å²) in [5.41, 5.74) is 4.96. The molecule has 1 aliphatic rings. The van der Waals surface area contributed by atoms with Crippen molar-refractivity contribution in [3.8, 4) is 11.3 Å². The van der Waals surface area contributed by atoms with Crippen LogP contribution in [0.5, 0.6) is 0 Å². The van der Waals surface area contributed by atoms with Crippen molar-refractivity contribution >= 4 is 23.2 Å². The largest absolute Gasteiger partial charge is 0.326 e. The minimum atomic E-state index is -0.0530. The molecule has 3 aromatic rings. The fraction of sp³-hybridized carbons (Fsp3) is 0.292. The molecule has 1 saturated heterocycles. The van der Waals surface area contributed by atoms with Crippen molar-refractivity contribution in [3.63, 3.8) is 0 Å². The molecule has 1 atom stereocenters. The highest BCUT2D eigenvalue weighted by atomic mass is 35.5. The molecule has 6 heteroatoms. The number of likely N-dealkylation sites (tertiary alicyclic amines) is 1. The number of anilines is 1. The Labute approximate surface area is 182 Å². The molecule has 30 heavy (non-hydrogen) atoms. The van der Waals surface area contributed by atoms with Gasteiger partial charge in [0.15, 0.2) is 0 Å². The molecule has 0 unspecified atom stereocenters. The molecule has 1 aromatic heterocycles. The van der Waals surface area contributed by atoms with Crippen molar-refractivity contribution in [3.05, 3.63) is 77.2 Å². The number of hydrogen-bond donors (Lipinski definition) is 1. The lowest BCUT2D eigenvalue weighted by atomic mass is 9.94. The van der Waals surface area contributed by atoms with E-state index < -0.39 is 0 Å². The zero-order chi connectivity index (χ0) is 20.9. The number of nitrogens with one attached hydrogen (secondary N) is 1. The van der Waals surface area contributed by atoms with E-state index in [-0.39, 0.29) is 5.91 Å². The molecule has 1 amide bonds. The van der Waals surface area contributed by atoms with Crippen LogP contribution in [-0.2, 0) is 11.3 Å². The molecule has 2 aromatic carbocycles. The van der Waals surface area contributed by atoms with E-state index in [2.05, 4.69) is 27.3 Å². The van der Waals surface area contributed by atoms with Crippen LogP contribution in [0.3, 0.4) is 0 Å². The van der Waals surface area contributed by atoms with Crippen molar-refractivity contribution in [2.24, 2.45) is 0 Å². The lowest BCUT2D eigenvalue weighted by Crippen LogP contribution is -2.34. The smallest absolute Gasteiger partial charge is 0.221 e. The number of carbonyl (C=O) groups is 1. The normalized spacial score (nSPS) is 16.9. The van der Waals surface area contributed by atoms with Crippen LogP contribution in [0, 0.1) is 0 Å². The zero-order valence-electron chi connectivity index (χ0n) is 17.0. The van der Waals surface area contributed by atoms with Crippen LogP contribution in [0.1, 0.15) is 36.9 Å². The molecule has 0 spiro atoms. The monoisotopic (exact) mass is 420 g/mol. The van der Waals surface area contributed by atoms with Gasteiger partial charge in [-0.1, -0.05) is 35.9 Å². The third-order valence-electron chi connectivity index (χ3n) is 5.38. The number of rotatable bonds is 5. The summed E-state index contributed by atoms with van der Waals surface area (Å²) < 4.78 is 0. The molecule has 0 radical (unpaired) electrons. The second-order valence-corrected chi connectivity index (χ2v) is 8.23. The first kappa shape index (κ1) is 20.5. The minimum absolute atomic E-state index is 0.0530. The van der Waals surface area contributed by atoms with Gasteiger partial charge in [0, 0.05) is 48.4 Å². The van der Waals surface area contributed by atoms with Gasteiger partial charge >= 0.3 is 0 Å². The van der Waals surface area contributed by atoms with Crippen molar-refractivity contribution < 1.29 is 4.79 Å². The van der Waals surface area contributed by atoms with Crippen LogP contribution in [0.15, 0.2) is 60.9 Å². The Balaban J connectivity index is 1.44. The maximum absolute atomic E-state index is 11.2. The second-order valence-electron chi connectivity index (χ2n) is 7.79. The minimum Gasteiger partial charge on any atom is -0.326 e. The van der Waals surface area contributed by atoms with Gasteiger partial charge in [0.2, 0.25) is 5.91 Å². The van der Waals surface area contributed by atoms with Crippen LogP contribution in [0.4, 0.5) is 5.69 Å². The van der Waals surface area contributed by atoms with Gasteiger partial charge in [0.05, 0.1) is 17.6 Å². The molecule has 154 valence electrons. The van der Waals surface area contributed by atoms with Gasteiger partial charge in [0.25, 0.3) is 0 Å². The molecular formula is C24H25ClN4O. The summed E-state index contributed by atoms with van der Waals surface area (Å²) in [5, 5.41) is 3.51. The number of aromatic nitrogens is 2. The highest BCUT2D eigenvalue weighted by Crippen LogP contribution is 2.28. The van der Waals surface area contributed by atoms with Gasteiger partial charge in [-0.2, -0.15) is 0 Å². The van der Waals surface area contributed by atoms with E-state index >= 15 is 0 Å². The SMILES string of the molecule is CC(=O)Nc1ccc(CN2CCC[C@H](c3cncc(-c4cccc(Cl)c4)n3)C2)cc1. The van der Waals surface area contributed by atoms with Crippen LogP contribution >= 0.6 is 11.6 Å². The Hall–Kier alpha value is -2.76. The van der Waals surface area contributed by atoms with Gasteiger partial charge in [-0.15, -0.1) is 0 Å². The Morgan fingerprint density at radius 1 is 1.20 bits per heavy atom. The Bertz CT molecular complexity index is 1020. The van der Waals surface area contributed by atoms with E-state index in [0.717, 1.165) is 55.1 Å². The molecular weight excluding hydrogens is 396 g/mol. The third kappa shape index (κ3) is 5.23. The van der Waals surface area contributed by atoms with Crippen molar-refractivity contribution in [2.75, 3.05) is 18.4 Å². The van der Waals surface area contributed by atoms with E-state index in [1.54, 1.807) is 6.20 Å². The second kappa shape index (κ2) is 9.37. The molecule has 4 rings (SSSR count). The number of nitrogens with zero attached hydrogens (tertiary/aromatic N) is 3. The highest BCUT2D eigenvalue weighted by molar-refractivity contribution is 6.30. The van der Waals surface area contributed by atoms with Crippen LogP contribution in [0.2, 0.25) is 5.02 Å². The van der Waals surface area contributed by atoms with E-state index in [0.29, 0.717) is 10.9 Å². The molecule has 5 nitrogen and oxygen atoms in total. The summed E-state index contributed by atoms with van der Waals surface area (Å²) in [6.07, 6.45) is 5.94. The summed E-state index contributed by atoms with van der Waals surface area (Å²) in [5.74, 6) is 0.312. The summed E-state index contributed by atoms with van der Waals surface area (Å²) in [6.45, 7) is 4.44. The number of carbonyl (C=O) groups excluding carboxylic acids is 1. The molecule has 1 N–H and O–H groups in total. The molecule has 2 heterocycles. The van der Waals surface area contributed by atoms with Crippen LogP contribution in [-0.4, -0.2) is 33.9 Å². The van der Waals surface area contributed by atoms with Crippen molar-refractivity contribution in [2.45, 2.75) is 32.2 Å². The van der Waals surface area contributed by atoms with Gasteiger partial charge in [-0.05, 0) is 49.2 Å². The average molecular weight is 421 g/mol. The Morgan fingerprint density at radius 2 is 2.03 bits per heavy atom. The predicted molar refractivity (Wildman–Crippen MR) is 120 cm³/mol. The van der Waals surface area contributed by atoms with Gasteiger partial charge < -0.3 is 5.32 Å². The van der Waals surface area contributed by atoms with Gasteiger partial charge in [-0.3, -0.25) is 14.7 Å². The van der Waals surface area contributed by atoms with Crippen LogP contribution < -0.4 is 5.32 Å². The van der Waals surface area contributed by atoms with Gasteiger partial charge in [-0.25, -0.2) is 4.98 Å². The summed E-state index contributed by atoms with van der Waals surface area (Å²) in [4.78, 5) is 23.0. The number of hydrogen-bond acceptors (Lipinski definition) is 4. The lowest BCUT2D eigenvalue weighted by Gasteiger charge is -2.32. The molecule has 0 aliphatic carbocycles. The molecule has 1 aliphatic heterocycles. The Morgan fingerprint density at radius 3 is 2.80 bits per heavy atom. The molecule has 1 fully saturated rings. The van der Waals surface area contributed by atoms with E-state index in [1.807, 2.05) is 42.6 Å². The summed E-state index contributed by atoms with van der Waals surface area (Å²) in [7, 11) is 0. The zero-order valence-corrected chi connectivity index (χ0v) is 17.8. The maximum atomic E-state index is 11.2. The predicted octanol–water partition coefficient (Wildman–Crippen LogP) is 5.14. The Kier molecular flexibility index (Phi) is 6.41. The number of amides is 1. The lowest BCUT2D eigenvalue weighted by molar-refractivity contribution is -0.114. The van der Waals surface area contributed by atoms with E-state index in [9.17, 15) is 4.79 Å². The number of halogens is 1. The third-order valence-corrected chi connectivity index (χ3v) is 5.61. The average Bonchev–Trinajstić information content (AvgIpc) is 2.75. The maximum Gasteiger partial charge on any atom is 0.221 e. The number of piperidine rings is 1. The fourth-order valence-corrected chi connectivity index (χ4v) is 4.15. The van der Waals surface area contributed by atoms with Crippen LogP contribution in [0.25, 0.3) is 11.3 Å². The first-order valence-corrected chi connectivity index (χ1v) is 10.6. The van der Waals surface area contributed by atoms with Crippen molar-refractivity contribution in [1.29, 1.82) is 0 Å². The fourth-order valence-electron chi connectivity index (χ4n) is 3.96. The van der Waals surface area contributed by atoms with Gasteiger partial charge in [0.1, 0.15) is 0 Å². The van der Waals surface area contributed by atoms with E-state index in [4.69, 9.17) is 16.6 Å². The quantitative estimate of drug-likeness (QED) is 0.621. The summed E-state index contributed by atoms with van der Waals surface area (Å²) >= 11 is 6.14. The standard InChI is InChI=1S/C24H25ClN4O/c1-17(30)27-22-9-7-18(8-10-22)15-29-11-3-5-20(16-29)24-14-26-13-23(28-24)19-4-2-6-21(25)12-19/h2,4,6-10,12-14,20H,3,5,11,15-16H2,1H3,(H,27,30)/t20-/m0/s1. The van der Waals surface area contributed by atoms with E-state index in [1.165, 1.54) is 12.5 Å². The topological polar surface area (TPSA) is 58.1 Å².